The third kappa shape index (κ3) is 22.7. The zero-order valence-corrected chi connectivity index (χ0v) is 14.6. The second kappa shape index (κ2) is 15.2. The van der Waals surface area contributed by atoms with Crippen LogP contribution in [0.1, 0.15) is 41.5 Å². The molecule has 138 valence electrons. The average molecular weight is 338 g/mol. The fourth-order valence-electron chi connectivity index (χ4n) is 0.398. The average Bonchev–Trinajstić information content (AvgIpc) is 2.45. The normalized spacial score (nSPS) is 11.1. The number of aliphatic hydroxyl groups excluding tert-OH is 2. The highest BCUT2D eigenvalue weighted by molar-refractivity contribution is 5.71. The van der Waals surface area contributed by atoms with Gasteiger partial charge in [0.05, 0.1) is 24.4 Å². The van der Waals surface area contributed by atoms with Crippen LogP contribution in [-0.4, -0.2) is 57.7 Å². The van der Waals surface area contributed by atoms with E-state index in [9.17, 15) is 14.4 Å². The molecule has 0 aliphatic rings. The smallest absolute Gasteiger partial charge is 0.308 e. The van der Waals surface area contributed by atoms with Gasteiger partial charge in [0.25, 0.3) is 0 Å². The summed E-state index contributed by atoms with van der Waals surface area (Å²) in [6.45, 7) is 9.45. The molecule has 0 fully saturated rings. The predicted molar refractivity (Wildman–Crippen MR) is 83.8 cm³/mol. The van der Waals surface area contributed by atoms with E-state index in [0.29, 0.717) is 0 Å². The van der Waals surface area contributed by atoms with Crippen LogP contribution >= 0.6 is 0 Å². The van der Waals surface area contributed by atoms with Crippen LogP contribution in [0.25, 0.3) is 0 Å². The van der Waals surface area contributed by atoms with E-state index >= 15 is 0 Å². The highest BCUT2D eigenvalue weighted by Crippen LogP contribution is 1.96. The zero-order valence-electron chi connectivity index (χ0n) is 14.6. The lowest BCUT2D eigenvalue weighted by Gasteiger charge is -2.09. The Morgan fingerprint density at radius 2 is 1.13 bits per heavy atom. The molecule has 0 aromatic carbocycles. The second-order valence-corrected chi connectivity index (χ2v) is 5.61. The van der Waals surface area contributed by atoms with Gasteiger partial charge in [0.15, 0.2) is 0 Å². The van der Waals surface area contributed by atoms with Crippen LogP contribution in [0, 0.1) is 17.8 Å². The molecule has 0 saturated carbocycles. The SMILES string of the molecule is CC(C)C(=O)O.CC(C)C(=O)O.CC(C)C(=O)OCC(O)CO. The summed E-state index contributed by atoms with van der Waals surface area (Å²) in [5.41, 5.74) is 0. The van der Waals surface area contributed by atoms with E-state index in [0.717, 1.165) is 0 Å². The number of carbonyl (C=O) groups is 3. The Balaban J connectivity index is -0.000000284. The van der Waals surface area contributed by atoms with Crippen molar-refractivity contribution in [2.24, 2.45) is 17.8 Å². The van der Waals surface area contributed by atoms with Gasteiger partial charge in [-0.3, -0.25) is 14.4 Å². The highest BCUT2D eigenvalue weighted by atomic mass is 16.5. The van der Waals surface area contributed by atoms with Crippen LogP contribution in [0.2, 0.25) is 0 Å². The summed E-state index contributed by atoms with van der Waals surface area (Å²) in [6, 6.07) is 0. The summed E-state index contributed by atoms with van der Waals surface area (Å²) in [7, 11) is 0. The Labute approximate surface area is 137 Å². The molecule has 0 aromatic heterocycles. The third-order valence-electron chi connectivity index (χ3n) is 2.09. The largest absolute Gasteiger partial charge is 0.481 e. The van der Waals surface area contributed by atoms with Gasteiger partial charge in [-0.05, 0) is 0 Å². The standard InChI is InChI=1S/C7H14O4.2C4H8O2/c1-5(2)7(10)11-4-6(9)3-8;2*1-3(2)4(5)6/h5-6,8-9H,3-4H2,1-2H3;2*3H,1-2H3,(H,5,6). The van der Waals surface area contributed by atoms with Crippen molar-refractivity contribution in [3.8, 4) is 0 Å². The van der Waals surface area contributed by atoms with Crippen molar-refractivity contribution in [2.75, 3.05) is 13.2 Å². The number of hydrogen-bond donors (Lipinski definition) is 4. The summed E-state index contributed by atoms with van der Waals surface area (Å²) in [6.07, 6.45) is -0.960. The molecule has 0 heterocycles. The fraction of sp³-hybridized carbons (Fsp3) is 0.800. The van der Waals surface area contributed by atoms with Crippen LogP contribution in [0.4, 0.5) is 0 Å². The number of carboxylic acids is 2. The monoisotopic (exact) mass is 338 g/mol. The maximum atomic E-state index is 10.7. The number of esters is 1. The van der Waals surface area contributed by atoms with Gasteiger partial charge in [0.2, 0.25) is 0 Å². The first-order chi connectivity index (χ1) is 10.4. The molecule has 1 atom stereocenters. The summed E-state index contributed by atoms with van der Waals surface area (Å²) in [5, 5.41) is 33.1. The van der Waals surface area contributed by atoms with Gasteiger partial charge in [-0.15, -0.1) is 0 Å². The van der Waals surface area contributed by atoms with Crippen molar-refractivity contribution >= 4 is 17.9 Å². The second-order valence-electron chi connectivity index (χ2n) is 5.61. The molecule has 0 radical (unpaired) electrons. The van der Waals surface area contributed by atoms with Gasteiger partial charge >= 0.3 is 17.9 Å². The maximum Gasteiger partial charge on any atom is 0.308 e. The van der Waals surface area contributed by atoms with E-state index in [1.165, 1.54) is 0 Å². The Morgan fingerprint density at radius 3 is 1.30 bits per heavy atom. The number of aliphatic hydroxyl groups is 2. The van der Waals surface area contributed by atoms with E-state index in [1.54, 1.807) is 41.5 Å². The number of ether oxygens (including phenoxy) is 1. The molecular weight excluding hydrogens is 308 g/mol. The Hall–Kier alpha value is -1.67. The van der Waals surface area contributed by atoms with Gasteiger partial charge < -0.3 is 25.2 Å². The molecule has 0 aliphatic carbocycles. The summed E-state index contributed by atoms with van der Waals surface area (Å²) in [4.78, 5) is 30.1. The van der Waals surface area contributed by atoms with Crippen molar-refractivity contribution in [1.29, 1.82) is 0 Å². The van der Waals surface area contributed by atoms with Gasteiger partial charge in [0, 0.05) is 0 Å². The first kappa shape index (κ1) is 26.2. The zero-order chi connectivity index (χ0) is 19.2. The lowest BCUT2D eigenvalue weighted by atomic mass is 10.2. The summed E-state index contributed by atoms with van der Waals surface area (Å²) < 4.78 is 4.61. The van der Waals surface area contributed by atoms with E-state index in [2.05, 4.69) is 4.74 Å². The molecule has 8 nitrogen and oxygen atoms in total. The van der Waals surface area contributed by atoms with E-state index in [-0.39, 0.29) is 36.9 Å². The van der Waals surface area contributed by atoms with Crippen LogP contribution < -0.4 is 0 Å². The molecule has 23 heavy (non-hydrogen) atoms. The van der Waals surface area contributed by atoms with Crippen LogP contribution in [0.15, 0.2) is 0 Å². The summed E-state index contributed by atoms with van der Waals surface area (Å²) in [5.74, 6) is -2.50. The molecule has 0 amide bonds. The topological polar surface area (TPSA) is 141 Å². The molecule has 0 rings (SSSR count). The molecule has 0 aromatic rings. The number of hydrogen-bond acceptors (Lipinski definition) is 6. The highest BCUT2D eigenvalue weighted by Gasteiger charge is 2.10. The van der Waals surface area contributed by atoms with Gasteiger partial charge in [-0.25, -0.2) is 0 Å². The van der Waals surface area contributed by atoms with Crippen molar-refractivity contribution in [3.05, 3.63) is 0 Å². The third-order valence-corrected chi connectivity index (χ3v) is 2.09. The fourth-order valence-corrected chi connectivity index (χ4v) is 0.398. The number of carbonyl (C=O) groups excluding carboxylic acids is 1. The minimum absolute atomic E-state index is 0.131. The Morgan fingerprint density at radius 1 is 0.826 bits per heavy atom. The van der Waals surface area contributed by atoms with E-state index < -0.39 is 18.0 Å². The van der Waals surface area contributed by atoms with E-state index in [1.807, 2.05) is 0 Å². The molecule has 0 saturated heterocycles. The first-order valence-corrected chi connectivity index (χ1v) is 7.27. The molecule has 0 bridgehead atoms. The molecule has 0 spiro atoms. The van der Waals surface area contributed by atoms with Crippen molar-refractivity contribution in [2.45, 2.75) is 47.6 Å². The minimum Gasteiger partial charge on any atom is -0.481 e. The molecule has 4 N–H and O–H groups in total. The number of carboxylic acid groups (broad SMARTS) is 2. The lowest BCUT2D eigenvalue weighted by molar-refractivity contribution is -0.151. The number of rotatable bonds is 6. The van der Waals surface area contributed by atoms with Crippen molar-refractivity contribution < 1.29 is 39.5 Å². The minimum atomic E-state index is -0.960. The lowest BCUT2D eigenvalue weighted by Crippen LogP contribution is -2.23. The molecule has 8 heteroatoms. The van der Waals surface area contributed by atoms with Gasteiger partial charge in [-0.2, -0.15) is 0 Å². The molecule has 0 aliphatic heterocycles. The van der Waals surface area contributed by atoms with Gasteiger partial charge in [-0.1, -0.05) is 41.5 Å². The van der Waals surface area contributed by atoms with Crippen LogP contribution in [-0.2, 0) is 19.1 Å². The first-order valence-electron chi connectivity index (χ1n) is 7.27. The van der Waals surface area contributed by atoms with Crippen LogP contribution in [0.5, 0.6) is 0 Å². The Kier molecular flexibility index (Phi) is 17.4. The van der Waals surface area contributed by atoms with E-state index in [4.69, 9.17) is 20.4 Å². The van der Waals surface area contributed by atoms with Crippen molar-refractivity contribution in [3.63, 3.8) is 0 Å². The number of aliphatic carboxylic acids is 2. The molecular formula is C15H30O8. The van der Waals surface area contributed by atoms with Crippen molar-refractivity contribution in [1.82, 2.24) is 0 Å². The summed E-state index contributed by atoms with van der Waals surface area (Å²) >= 11 is 0. The quantitative estimate of drug-likeness (QED) is 0.525. The maximum absolute atomic E-state index is 10.7. The van der Waals surface area contributed by atoms with Gasteiger partial charge in [0.1, 0.15) is 12.7 Å². The molecule has 1 unspecified atom stereocenters. The van der Waals surface area contributed by atoms with Crippen LogP contribution in [0.3, 0.4) is 0 Å². The Bertz CT molecular complexity index is 318. The predicted octanol–water partition coefficient (Wildman–Crippen LogP) is 0.993.